The molecule has 0 saturated carbocycles. The first-order valence-corrected chi connectivity index (χ1v) is 6.30. The number of hydrogen-bond acceptors (Lipinski definition) is 2. The van der Waals surface area contributed by atoms with Gasteiger partial charge in [-0.25, -0.2) is 0 Å². The Bertz CT molecular complexity index is 278. The van der Waals surface area contributed by atoms with Gasteiger partial charge >= 0.3 is 0 Å². The Morgan fingerprint density at radius 2 is 2.21 bits per heavy atom. The topological polar surface area (TPSA) is 26.0 Å². The summed E-state index contributed by atoms with van der Waals surface area (Å²) in [4.78, 5) is 2.98. The van der Waals surface area contributed by atoms with Crippen molar-refractivity contribution in [3.05, 3.63) is 21.4 Å². The monoisotopic (exact) mass is 211 g/mol. The lowest BCUT2D eigenvalue weighted by atomic mass is 10.00. The molecule has 1 heterocycles. The van der Waals surface area contributed by atoms with Gasteiger partial charge in [-0.15, -0.1) is 11.3 Å². The summed E-state index contributed by atoms with van der Waals surface area (Å²) in [5.41, 5.74) is 7.20. The van der Waals surface area contributed by atoms with Crippen LogP contribution in [0.15, 0.2) is 6.07 Å². The molecule has 0 fully saturated rings. The fourth-order valence-electron chi connectivity index (χ4n) is 1.66. The molecule has 0 radical (unpaired) electrons. The summed E-state index contributed by atoms with van der Waals surface area (Å²) in [7, 11) is 0. The van der Waals surface area contributed by atoms with E-state index in [4.69, 9.17) is 5.73 Å². The highest BCUT2D eigenvalue weighted by molar-refractivity contribution is 7.12. The molecule has 0 aliphatic carbocycles. The van der Waals surface area contributed by atoms with Crippen LogP contribution in [0.3, 0.4) is 0 Å². The van der Waals surface area contributed by atoms with E-state index in [1.807, 2.05) is 11.3 Å². The average Bonchev–Trinajstić information content (AvgIpc) is 2.55. The van der Waals surface area contributed by atoms with Gasteiger partial charge in [-0.3, -0.25) is 0 Å². The predicted octanol–water partition coefficient (Wildman–Crippen LogP) is 3.46. The molecule has 80 valence electrons. The van der Waals surface area contributed by atoms with Gasteiger partial charge in [-0.05, 0) is 43.9 Å². The van der Waals surface area contributed by atoms with Gasteiger partial charge in [0.1, 0.15) is 0 Å². The Hall–Kier alpha value is -0.340. The van der Waals surface area contributed by atoms with Gasteiger partial charge in [0.05, 0.1) is 0 Å². The molecular formula is C12H21NS. The third-order valence-electron chi connectivity index (χ3n) is 2.61. The van der Waals surface area contributed by atoms with Crippen LogP contribution in [0.1, 0.15) is 47.9 Å². The van der Waals surface area contributed by atoms with Crippen molar-refractivity contribution in [2.45, 2.75) is 46.0 Å². The molecule has 2 N–H and O–H groups in total. The summed E-state index contributed by atoms with van der Waals surface area (Å²) in [6, 6.07) is 2.31. The molecular weight excluding hydrogens is 190 g/mol. The van der Waals surface area contributed by atoms with E-state index in [2.05, 4.69) is 26.8 Å². The van der Waals surface area contributed by atoms with Gasteiger partial charge in [0, 0.05) is 9.75 Å². The standard InChI is InChI=1S/C12H21NS/c1-4-5-6-12-11(9(2)8-13)7-10(3)14-12/h7,9H,4-6,8,13H2,1-3H3. The molecule has 1 unspecified atom stereocenters. The number of rotatable bonds is 5. The minimum atomic E-state index is 0.520. The number of aryl methyl sites for hydroxylation is 2. The summed E-state index contributed by atoms with van der Waals surface area (Å²) in [6.07, 6.45) is 3.80. The predicted molar refractivity (Wildman–Crippen MR) is 65.1 cm³/mol. The van der Waals surface area contributed by atoms with Crippen LogP contribution in [0.5, 0.6) is 0 Å². The minimum absolute atomic E-state index is 0.520. The fourth-order valence-corrected chi connectivity index (χ4v) is 2.86. The van der Waals surface area contributed by atoms with Crippen molar-refractivity contribution >= 4 is 11.3 Å². The van der Waals surface area contributed by atoms with Gasteiger partial charge in [0.25, 0.3) is 0 Å². The van der Waals surface area contributed by atoms with Crippen LogP contribution in [0.4, 0.5) is 0 Å². The van der Waals surface area contributed by atoms with E-state index in [1.54, 1.807) is 4.88 Å². The number of nitrogens with two attached hydrogens (primary N) is 1. The first-order valence-electron chi connectivity index (χ1n) is 5.48. The Labute approximate surface area is 91.3 Å². The first kappa shape index (κ1) is 11.7. The van der Waals surface area contributed by atoms with Crippen molar-refractivity contribution in [2.24, 2.45) is 5.73 Å². The van der Waals surface area contributed by atoms with Crippen molar-refractivity contribution < 1.29 is 0 Å². The first-order chi connectivity index (χ1) is 6.69. The molecule has 1 rings (SSSR count). The molecule has 0 saturated heterocycles. The van der Waals surface area contributed by atoms with Gasteiger partial charge < -0.3 is 5.73 Å². The van der Waals surface area contributed by atoms with Crippen molar-refractivity contribution in [1.82, 2.24) is 0 Å². The third kappa shape index (κ3) is 2.82. The van der Waals surface area contributed by atoms with Crippen molar-refractivity contribution in [3.63, 3.8) is 0 Å². The van der Waals surface area contributed by atoms with Gasteiger partial charge in [-0.1, -0.05) is 20.3 Å². The molecule has 0 spiro atoms. The van der Waals surface area contributed by atoms with Gasteiger partial charge in [0.15, 0.2) is 0 Å². The second kappa shape index (κ2) is 5.52. The van der Waals surface area contributed by atoms with E-state index < -0.39 is 0 Å². The molecule has 0 bridgehead atoms. The van der Waals surface area contributed by atoms with Crippen molar-refractivity contribution in [2.75, 3.05) is 6.54 Å². The van der Waals surface area contributed by atoms with E-state index >= 15 is 0 Å². The molecule has 0 aliphatic rings. The summed E-state index contributed by atoms with van der Waals surface area (Å²) in [5, 5.41) is 0. The Balaban J connectivity index is 2.79. The van der Waals surface area contributed by atoms with E-state index in [1.165, 1.54) is 29.7 Å². The maximum absolute atomic E-state index is 5.72. The Morgan fingerprint density at radius 1 is 1.50 bits per heavy atom. The van der Waals surface area contributed by atoms with Crippen LogP contribution < -0.4 is 5.73 Å². The zero-order valence-electron chi connectivity index (χ0n) is 9.47. The van der Waals surface area contributed by atoms with Crippen molar-refractivity contribution in [1.29, 1.82) is 0 Å². The van der Waals surface area contributed by atoms with Crippen LogP contribution >= 0.6 is 11.3 Å². The maximum atomic E-state index is 5.72. The zero-order chi connectivity index (χ0) is 10.6. The third-order valence-corrected chi connectivity index (χ3v) is 3.73. The van der Waals surface area contributed by atoms with Gasteiger partial charge in [0.2, 0.25) is 0 Å². The van der Waals surface area contributed by atoms with E-state index in [9.17, 15) is 0 Å². The number of unbranched alkanes of at least 4 members (excludes halogenated alkanes) is 1. The second-order valence-corrected chi connectivity index (χ2v) is 5.32. The summed E-state index contributed by atoms with van der Waals surface area (Å²) >= 11 is 1.94. The molecule has 2 heteroatoms. The van der Waals surface area contributed by atoms with Crippen LogP contribution in [-0.2, 0) is 6.42 Å². The maximum Gasteiger partial charge on any atom is 0.00832 e. The number of hydrogen-bond donors (Lipinski definition) is 1. The quantitative estimate of drug-likeness (QED) is 0.793. The van der Waals surface area contributed by atoms with E-state index in [0.29, 0.717) is 5.92 Å². The highest BCUT2D eigenvalue weighted by atomic mass is 32.1. The molecule has 1 nitrogen and oxygen atoms in total. The number of thiophene rings is 1. The SMILES string of the molecule is CCCCc1sc(C)cc1C(C)CN. The average molecular weight is 211 g/mol. The van der Waals surface area contributed by atoms with Crippen LogP contribution in [0, 0.1) is 6.92 Å². The van der Waals surface area contributed by atoms with Gasteiger partial charge in [-0.2, -0.15) is 0 Å². The Morgan fingerprint density at radius 3 is 2.79 bits per heavy atom. The smallest absolute Gasteiger partial charge is 0.00832 e. The summed E-state index contributed by atoms with van der Waals surface area (Å²) in [6.45, 7) is 7.41. The molecule has 0 aromatic carbocycles. The van der Waals surface area contributed by atoms with Crippen LogP contribution in [0.2, 0.25) is 0 Å². The molecule has 0 aliphatic heterocycles. The largest absolute Gasteiger partial charge is 0.330 e. The highest BCUT2D eigenvalue weighted by Crippen LogP contribution is 2.29. The lowest BCUT2D eigenvalue weighted by Gasteiger charge is -2.09. The van der Waals surface area contributed by atoms with E-state index in [0.717, 1.165) is 6.54 Å². The summed E-state index contributed by atoms with van der Waals surface area (Å²) < 4.78 is 0. The van der Waals surface area contributed by atoms with Crippen LogP contribution in [0.25, 0.3) is 0 Å². The molecule has 0 amide bonds. The van der Waals surface area contributed by atoms with Crippen LogP contribution in [-0.4, -0.2) is 6.54 Å². The molecule has 1 atom stereocenters. The fraction of sp³-hybridized carbons (Fsp3) is 0.667. The Kier molecular flexibility index (Phi) is 4.63. The van der Waals surface area contributed by atoms with Crippen molar-refractivity contribution in [3.8, 4) is 0 Å². The lowest BCUT2D eigenvalue weighted by molar-refractivity contribution is 0.746. The second-order valence-electron chi connectivity index (χ2n) is 3.98. The normalized spacial score (nSPS) is 13.1. The highest BCUT2D eigenvalue weighted by Gasteiger charge is 2.11. The molecule has 1 aromatic rings. The summed E-state index contributed by atoms with van der Waals surface area (Å²) in [5.74, 6) is 0.520. The minimum Gasteiger partial charge on any atom is -0.330 e. The lowest BCUT2D eigenvalue weighted by Crippen LogP contribution is -2.09. The van der Waals surface area contributed by atoms with E-state index in [-0.39, 0.29) is 0 Å². The molecule has 1 aromatic heterocycles. The zero-order valence-corrected chi connectivity index (χ0v) is 10.3. The molecule has 14 heavy (non-hydrogen) atoms.